The molecule has 0 radical (unpaired) electrons. The number of ether oxygens (including phenoxy) is 1. The van der Waals surface area contributed by atoms with E-state index in [-0.39, 0.29) is 16.6 Å². The summed E-state index contributed by atoms with van der Waals surface area (Å²) in [6.07, 6.45) is 5.11. The first-order chi connectivity index (χ1) is 15.2. The van der Waals surface area contributed by atoms with Crippen molar-refractivity contribution in [3.8, 4) is 11.8 Å². The Labute approximate surface area is 193 Å². The fourth-order valence-electron chi connectivity index (χ4n) is 3.65. The van der Waals surface area contributed by atoms with Gasteiger partial charge in [-0.3, -0.25) is 4.79 Å². The van der Waals surface area contributed by atoms with Gasteiger partial charge in [-0.25, -0.2) is 12.7 Å². The van der Waals surface area contributed by atoms with Crippen molar-refractivity contribution in [3.63, 3.8) is 0 Å². The number of carbonyl (C=O) groups excluding carboxylic acids is 1. The van der Waals surface area contributed by atoms with Crippen LogP contribution in [0.15, 0.2) is 23.1 Å². The van der Waals surface area contributed by atoms with Gasteiger partial charge in [0.25, 0.3) is 0 Å². The molecule has 0 saturated heterocycles. The number of hydrogen-bond acceptors (Lipinski definition) is 7. The van der Waals surface area contributed by atoms with Gasteiger partial charge < -0.3 is 15.4 Å². The third-order valence-electron chi connectivity index (χ3n) is 5.47. The average molecular weight is 477 g/mol. The highest BCUT2D eigenvalue weighted by atomic mass is 32.2. The van der Waals surface area contributed by atoms with Crippen molar-refractivity contribution in [2.75, 3.05) is 31.8 Å². The van der Waals surface area contributed by atoms with Crippen LogP contribution in [0.4, 0.5) is 10.7 Å². The molecular formula is C22H28N4O4S2. The Morgan fingerprint density at radius 3 is 2.62 bits per heavy atom. The van der Waals surface area contributed by atoms with Crippen molar-refractivity contribution >= 4 is 38.0 Å². The van der Waals surface area contributed by atoms with Gasteiger partial charge in [-0.1, -0.05) is 6.42 Å². The third-order valence-corrected chi connectivity index (χ3v) is 8.51. The first kappa shape index (κ1) is 24.0. The van der Waals surface area contributed by atoms with Gasteiger partial charge in [0.1, 0.15) is 27.8 Å². The van der Waals surface area contributed by atoms with Crippen molar-refractivity contribution in [2.24, 2.45) is 0 Å². The van der Waals surface area contributed by atoms with E-state index >= 15 is 0 Å². The van der Waals surface area contributed by atoms with Gasteiger partial charge in [-0.05, 0) is 56.4 Å². The Morgan fingerprint density at radius 2 is 1.97 bits per heavy atom. The molecule has 1 aliphatic carbocycles. The molecule has 1 aromatic heterocycles. The molecule has 1 atom stereocenters. The molecule has 2 N–H and O–H groups in total. The molecule has 1 heterocycles. The molecule has 3 rings (SSSR count). The highest BCUT2D eigenvalue weighted by molar-refractivity contribution is 7.89. The normalized spacial score (nSPS) is 14.8. The van der Waals surface area contributed by atoms with Crippen LogP contribution in [0.25, 0.3) is 0 Å². The minimum absolute atomic E-state index is 0.0105. The molecule has 172 valence electrons. The summed E-state index contributed by atoms with van der Waals surface area (Å²) in [7, 11) is 0.568. The van der Waals surface area contributed by atoms with E-state index in [4.69, 9.17) is 4.74 Å². The topological polar surface area (TPSA) is 112 Å². The van der Waals surface area contributed by atoms with Crippen molar-refractivity contribution in [1.29, 1.82) is 5.26 Å². The summed E-state index contributed by atoms with van der Waals surface area (Å²) in [5.41, 5.74) is 2.10. The molecule has 8 nitrogen and oxygen atoms in total. The summed E-state index contributed by atoms with van der Waals surface area (Å²) in [4.78, 5) is 14.0. The first-order valence-corrected chi connectivity index (χ1v) is 12.7. The quantitative estimate of drug-likeness (QED) is 0.591. The molecule has 0 fully saturated rings. The molecule has 32 heavy (non-hydrogen) atoms. The Kier molecular flexibility index (Phi) is 7.44. The van der Waals surface area contributed by atoms with Crippen LogP contribution in [0.2, 0.25) is 0 Å². The second kappa shape index (κ2) is 9.90. The van der Waals surface area contributed by atoms with Crippen molar-refractivity contribution < 1.29 is 17.9 Å². The third kappa shape index (κ3) is 4.90. The summed E-state index contributed by atoms with van der Waals surface area (Å²) < 4.78 is 31.6. The molecule has 2 aromatic rings. The second-order valence-electron chi connectivity index (χ2n) is 7.89. The maximum Gasteiger partial charge on any atom is 0.247 e. The summed E-state index contributed by atoms with van der Waals surface area (Å²) >= 11 is 1.48. The summed E-state index contributed by atoms with van der Waals surface area (Å²) in [6, 6.07) is 6.26. The Bertz CT molecular complexity index is 1150. The van der Waals surface area contributed by atoms with Crippen LogP contribution < -0.4 is 15.4 Å². The number of nitrogens with one attached hydrogen (secondary N) is 2. The molecule has 1 aliphatic rings. The van der Waals surface area contributed by atoms with Gasteiger partial charge in [0.05, 0.1) is 12.7 Å². The number of carbonyl (C=O) groups is 1. The number of methoxy groups -OCH3 is 1. The van der Waals surface area contributed by atoms with Gasteiger partial charge in [0.15, 0.2) is 0 Å². The van der Waals surface area contributed by atoms with E-state index in [1.165, 1.54) is 43.5 Å². The van der Waals surface area contributed by atoms with Crippen LogP contribution in [0.3, 0.4) is 0 Å². The number of nitriles is 1. The van der Waals surface area contributed by atoms with E-state index in [0.29, 0.717) is 16.3 Å². The number of fused-ring (bicyclic) bond motifs is 1. The highest BCUT2D eigenvalue weighted by Gasteiger charge is 2.25. The zero-order valence-electron chi connectivity index (χ0n) is 18.7. The lowest BCUT2D eigenvalue weighted by Gasteiger charge is -2.18. The van der Waals surface area contributed by atoms with Crippen LogP contribution in [0.1, 0.15) is 42.2 Å². The summed E-state index contributed by atoms with van der Waals surface area (Å²) in [5, 5.41) is 16.2. The van der Waals surface area contributed by atoms with Crippen molar-refractivity contribution in [2.45, 2.75) is 50.0 Å². The number of benzene rings is 1. The number of amides is 1. The second-order valence-corrected chi connectivity index (χ2v) is 11.1. The fraction of sp³-hybridized carbons (Fsp3) is 0.455. The van der Waals surface area contributed by atoms with Gasteiger partial charge >= 0.3 is 0 Å². The summed E-state index contributed by atoms with van der Waals surface area (Å²) in [5.74, 6) is -0.0779. The molecule has 0 aliphatic heterocycles. The van der Waals surface area contributed by atoms with E-state index in [2.05, 4.69) is 16.7 Å². The predicted octanol–water partition coefficient (Wildman–Crippen LogP) is 3.59. The maximum absolute atomic E-state index is 12.9. The largest absolute Gasteiger partial charge is 0.495 e. The van der Waals surface area contributed by atoms with Gasteiger partial charge in [0.2, 0.25) is 15.9 Å². The molecular weight excluding hydrogens is 448 g/mol. The van der Waals surface area contributed by atoms with Crippen molar-refractivity contribution in [3.05, 3.63) is 34.2 Å². The lowest BCUT2D eigenvalue weighted by Crippen LogP contribution is -2.32. The highest BCUT2D eigenvalue weighted by Crippen LogP contribution is 2.37. The average Bonchev–Trinajstić information content (AvgIpc) is 2.92. The number of nitrogens with zero attached hydrogens (tertiary/aromatic N) is 2. The van der Waals surface area contributed by atoms with Gasteiger partial charge in [0, 0.05) is 24.7 Å². The van der Waals surface area contributed by atoms with E-state index in [1.54, 1.807) is 19.1 Å². The van der Waals surface area contributed by atoms with E-state index in [0.717, 1.165) is 42.0 Å². The van der Waals surface area contributed by atoms with E-state index < -0.39 is 16.1 Å². The zero-order chi connectivity index (χ0) is 23.5. The van der Waals surface area contributed by atoms with Crippen molar-refractivity contribution in [1.82, 2.24) is 4.31 Å². The van der Waals surface area contributed by atoms with Gasteiger partial charge in [-0.2, -0.15) is 5.26 Å². The van der Waals surface area contributed by atoms with E-state index in [9.17, 15) is 18.5 Å². The molecule has 10 heteroatoms. The number of anilines is 2. The van der Waals surface area contributed by atoms with Crippen LogP contribution in [0.5, 0.6) is 5.75 Å². The Balaban J connectivity index is 1.79. The number of aryl methyl sites for hydroxylation is 1. The number of rotatable bonds is 7. The minimum atomic E-state index is -3.73. The molecule has 0 saturated carbocycles. The smallest absolute Gasteiger partial charge is 0.247 e. The minimum Gasteiger partial charge on any atom is -0.495 e. The van der Waals surface area contributed by atoms with Crippen LogP contribution >= 0.6 is 11.3 Å². The monoisotopic (exact) mass is 476 g/mol. The van der Waals surface area contributed by atoms with Crippen LogP contribution in [-0.2, 0) is 27.7 Å². The number of thiophene rings is 1. The lowest BCUT2D eigenvalue weighted by molar-refractivity contribution is -0.116. The summed E-state index contributed by atoms with van der Waals surface area (Å²) in [6.45, 7) is 1.68. The zero-order valence-corrected chi connectivity index (χ0v) is 20.3. The predicted molar refractivity (Wildman–Crippen MR) is 126 cm³/mol. The fourth-order valence-corrected chi connectivity index (χ4v) is 5.97. The van der Waals surface area contributed by atoms with E-state index in [1.807, 2.05) is 0 Å². The molecule has 0 bridgehead atoms. The SMILES string of the molecule is COc1ccc(NC(C)C(=O)Nc2sc3c(c2C#N)CCCCC3)cc1S(=O)(=O)N(C)C. The lowest BCUT2D eigenvalue weighted by atomic mass is 10.1. The molecule has 1 unspecified atom stereocenters. The molecule has 1 amide bonds. The van der Waals surface area contributed by atoms with Gasteiger partial charge in [-0.15, -0.1) is 11.3 Å². The number of hydrogen-bond donors (Lipinski definition) is 2. The number of sulfonamides is 1. The standard InChI is InChI=1S/C22H28N4O4S2/c1-14(24-15-10-11-18(30-4)20(12-15)32(28,29)26(2)3)21(27)25-22-17(13-23)16-8-6-5-7-9-19(16)31-22/h10-12,14,24H,5-9H2,1-4H3,(H,25,27). The maximum atomic E-state index is 12.9. The molecule has 1 aromatic carbocycles. The Hall–Kier alpha value is -2.61. The Morgan fingerprint density at radius 1 is 1.25 bits per heavy atom. The first-order valence-electron chi connectivity index (χ1n) is 10.4. The van der Waals surface area contributed by atoms with Crippen LogP contribution in [0, 0.1) is 11.3 Å². The molecule has 0 spiro atoms. The van der Waals surface area contributed by atoms with Crippen LogP contribution in [-0.4, -0.2) is 45.9 Å².